The summed E-state index contributed by atoms with van der Waals surface area (Å²) in [6.07, 6.45) is 3.36. The van der Waals surface area contributed by atoms with Crippen LogP contribution in [-0.2, 0) is 24.3 Å². The van der Waals surface area contributed by atoms with Crippen LogP contribution >= 0.6 is 0 Å². The Morgan fingerprint density at radius 2 is 1.55 bits per heavy atom. The molecule has 4 rings (SSSR count). The third-order valence-electron chi connectivity index (χ3n) is 8.45. The number of hydrogen-bond donors (Lipinski definition) is 1. The van der Waals surface area contributed by atoms with E-state index in [-0.39, 0.29) is 12.2 Å². The van der Waals surface area contributed by atoms with E-state index in [1.165, 1.54) is 43.9 Å². The first-order valence-electron chi connectivity index (χ1n) is 15.6. The second kappa shape index (κ2) is 14.8. The average molecular weight is 558 g/mol. The van der Waals surface area contributed by atoms with E-state index in [1.807, 2.05) is 6.07 Å². The summed E-state index contributed by atoms with van der Waals surface area (Å²) >= 11 is 0. The predicted octanol–water partition coefficient (Wildman–Crippen LogP) is 4.63. The Balaban J connectivity index is 1.25. The van der Waals surface area contributed by atoms with Gasteiger partial charge < -0.3 is 24.4 Å². The van der Waals surface area contributed by atoms with E-state index in [1.54, 1.807) is 12.1 Å². The van der Waals surface area contributed by atoms with Crippen molar-refractivity contribution in [2.75, 3.05) is 72.0 Å². The minimum atomic E-state index is -0.768. The van der Waals surface area contributed by atoms with Gasteiger partial charge in [-0.2, -0.15) is 0 Å². The molecule has 40 heavy (non-hydrogen) atoms. The van der Waals surface area contributed by atoms with Gasteiger partial charge in [-0.3, -0.25) is 9.69 Å². The van der Waals surface area contributed by atoms with Gasteiger partial charge in [0.15, 0.2) is 0 Å². The fourth-order valence-corrected chi connectivity index (χ4v) is 6.67. The zero-order chi connectivity index (χ0) is 28.6. The number of halogens is 1. The normalized spacial score (nSPS) is 17.5. The number of aryl methyl sites for hydroxylation is 1. The molecule has 3 heterocycles. The second-order valence-electron chi connectivity index (χ2n) is 12.8. The third kappa shape index (κ3) is 8.75. The minimum absolute atomic E-state index is 0.143. The molecule has 0 atom stereocenters. The lowest BCUT2D eigenvalue weighted by molar-refractivity contribution is -0.137. The molecule has 1 aromatic heterocycles. The highest BCUT2D eigenvalue weighted by atomic mass is 19.1. The number of benzene rings is 1. The first-order chi connectivity index (χ1) is 19.2. The molecule has 2 aromatic rings. The summed E-state index contributed by atoms with van der Waals surface area (Å²) in [5.41, 5.74) is 3.60. The predicted molar refractivity (Wildman–Crippen MR) is 161 cm³/mol. The van der Waals surface area contributed by atoms with Gasteiger partial charge in [-0.05, 0) is 68.1 Å². The molecule has 7 nitrogen and oxygen atoms in total. The third-order valence-corrected chi connectivity index (χ3v) is 8.45. The Bertz CT molecular complexity index is 1080. The van der Waals surface area contributed by atoms with Gasteiger partial charge in [0.2, 0.25) is 0 Å². The summed E-state index contributed by atoms with van der Waals surface area (Å²) in [7, 11) is 0. The van der Waals surface area contributed by atoms with Crippen molar-refractivity contribution in [1.82, 2.24) is 24.2 Å². The number of aliphatic carboxylic acids is 1. The molecule has 224 valence electrons. The summed E-state index contributed by atoms with van der Waals surface area (Å²) in [5, 5.41) is 10.1. The maximum Gasteiger partial charge on any atom is 0.304 e. The summed E-state index contributed by atoms with van der Waals surface area (Å²) in [6.45, 7) is 22.8. The van der Waals surface area contributed by atoms with Crippen LogP contribution in [0.3, 0.4) is 0 Å². The van der Waals surface area contributed by atoms with E-state index < -0.39 is 5.97 Å². The number of fused-ring (bicyclic) bond motifs is 3. The number of nitrogens with zero attached hydrogens (tertiary/aromatic N) is 5. The molecule has 0 aliphatic carbocycles. The van der Waals surface area contributed by atoms with Crippen molar-refractivity contribution in [2.45, 2.75) is 66.5 Å². The van der Waals surface area contributed by atoms with Crippen LogP contribution in [0, 0.1) is 17.7 Å². The Hall–Kier alpha value is -2.00. The second-order valence-corrected chi connectivity index (χ2v) is 12.8. The summed E-state index contributed by atoms with van der Waals surface area (Å²) in [4.78, 5) is 21.1. The Morgan fingerprint density at radius 3 is 2.17 bits per heavy atom. The van der Waals surface area contributed by atoms with Gasteiger partial charge in [0.05, 0.1) is 6.42 Å². The molecular weight excluding hydrogens is 505 g/mol. The van der Waals surface area contributed by atoms with Gasteiger partial charge in [-0.15, -0.1) is 0 Å². The molecule has 0 saturated carbocycles. The minimum Gasteiger partial charge on any atom is -0.481 e. The molecule has 1 N–H and O–H groups in total. The van der Waals surface area contributed by atoms with Crippen molar-refractivity contribution in [3.05, 3.63) is 35.3 Å². The summed E-state index contributed by atoms with van der Waals surface area (Å²) in [6, 6.07) is 5.15. The zero-order valence-electron chi connectivity index (χ0n) is 25.4. The molecule has 1 saturated heterocycles. The molecule has 2 aliphatic rings. The molecule has 0 amide bonds. The molecule has 0 bridgehead atoms. The van der Waals surface area contributed by atoms with E-state index in [4.69, 9.17) is 5.11 Å². The summed E-state index contributed by atoms with van der Waals surface area (Å²) < 4.78 is 16.6. The number of carboxylic acid groups (broad SMARTS) is 1. The SMILES string of the molecule is CC(C)CN(CCCN1CCN(CCCn2c3c(c4cc(F)ccc42)CN(CCC(=O)O)CC3)CC1)CC(C)C. The highest BCUT2D eigenvalue weighted by molar-refractivity contribution is 5.86. The first kappa shape index (κ1) is 30.9. The Morgan fingerprint density at radius 1 is 0.900 bits per heavy atom. The van der Waals surface area contributed by atoms with Crippen molar-refractivity contribution < 1.29 is 14.3 Å². The highest BCUT2D eigenvalue weighted by Gasteiger charge is 2.25. The number of rotatable bonds is 15. The molecule has 1 aromatic carbocycles. The lowest BCUT2D eigenvalue weighted by Gasteiger charge is -2.35. The molecule has 0 spiro atoms. The van der Waals surface area contributed by atoms with E-state index in [2.05, 4.69) is 51.9 Å². The zero-order valence-corrected chi connectivity index (χ0v) is 25.4. The van der Waals surface area contributed by atoms with E-state index >= 15 is 0 Å². The van der Waals surface area contributed by atoms with Gasteiger partial charge in [0.1, 0.15) is 5.82 Å². The fraction of sp³-hybridized carbons (Fsp3) is 0.719. The van der Waals surface area contributed by atoms with Crippen LogP contribution in [0.1, 0.15) is 58.2 Å². The van der Waals surface area contributed by atoms with Crippen LogP contribution in [0.2, 0.25) is 0 Å². The topological polar surface area (TPSA) is 55.2 Å². The van der Waals surface area contributed by atoms with Crippen molar-refractivity contribution in [3.8, 4) is 0 Å². The van der Waals surface area contributed by atoms with Gasteiger partial charge in [0, 0.05) is 88.5 Å². The lowest BCUT2D eigenvalue weighted by Crippen LogP contribution is -2.47. The number of piperazine rings is 1. The maximum atomic E-state index is 14.2. The number of carboxylic acids is 1. The van der Waals surface area contributed by atoms with E-state index in [0.29, 0.717) is 13.1 Å². The van der Waals surface area contributed by atoms with Crippen molar-refractivity contribution in [2.24, 2.45) is 11.8 Å². The average Bonchev–Trinajstić information content (AvgIpc) is 3.19. The van der Waals surface area contributed by atoms with E-state index in [9.17, 15) is 9.18 Å². The summed E-state index contributed by atoms with van der Waals surface area (Å²) in [5.74, 6) is 0.463. The number of aromatic nitrogens is 1. The molecule has 8 heteroatoms. The first-order valence-corrected chi connectivity index (χ1v) is 15.6. The van der Waals surface area contributed by atoms with Gasteiger partial charge in [-0.25, -0.2) is 4.39 Å². The smallest absolute Gasteiger partial charge is 0.304 e. The fourth-order valence-electron chi connectivity index (χ4n) is 6.67. The van der Waals surface area contributed by atoms with Gasteiger partial charge in [0.25, 0.3) is 0 Å². The highest BCUT2D eigenvalue weighted by Crippen LogP contribution is 2.32. The standard InChI is InChI=1S/C32H52FN5O2/c1-25(2)22-37(23-26(3)4)13-5-11-34-17-19-35(20-18-34)12-6-14-38-30-8-7-27(33)21-28(30)29-24-36(15-9-31(29)38)16-10-32(39)40/h7-8,21,25-26H,5-6,9-20,22-24H2,1-4H3,(H,39,40). The largest absolute Gasteiger partial charge is 0.481 e. The Labute approximate surface area is 240 Å². The maximum absolute atomic E-state index is 14.2. The van der Waals surface area contributed by atoms with Crippen LogP contribution in [0.15, 0.2) is 18.2 Å². The molecular formula is C32H52FN5O2. The molecule has 1 fully saturated rings. The lowest BCUT2D eigenvalue weighted by atomic mass is 10.0. The van der Waals surface area contributed by atoms with Crippen LogP contribution < -0.4 is 0 Å². The van der Waals surface area contributed by atoms with Crippen molar-refractivity contribution in [3.63, 3.8) is 0 Å². The van der Waals surface area contributed by atoms with Crippen LogP contribution in [-0.4, -0.2) is 107 Å². The van der Waals surface area contributed by atoms with Crippen LogP contribution in [0.4, 0.5) is 4.39 Å². The molecule has 0 unspecified atom stereocenters. The molecule has 2 aliphatic heterocycles. The Kier molecular flexibility index (Phi) is 11.4. The van der Waals surface area contributed by atoms with Gasteiger partial charge >= 0.3 is 5.97 Å². The van der Waals surface area contributed by atoms with Crippen LogP contribution in [0.25, 0.3) is 10.9 Å². The van der Waals surface area contributed by atoms with E-state index in [0.717, 1.165) is 81.4 Å². The number of hydrogen-bond acceptors (Lipinski definition) is 5. The molecule has 0 radical (unpaired) electrons. The monoisotopic (exact) mass is 557 g/mol. The quantitative estimate of drug-likeness (QED) is 0.345. The van der Waals surface area contributed by atoms with Crippen LogP contribution in [0.5, 0.6) is 0 Å². The number of carbonyl (C=O) groups is 1. The van der Waals surface area contributed by atoms with Crippen molar-refractivity contribution in [1.29, 1.82) is 0 Å². The van der Waals surface area contributed by atoms with Gasteiger partial charge in [-0.1, -0.05) is 27.7 Å². The van der Waals surface area contributed by atoms with Crippen molar-refractivity contribution >= 4 is 16.9 Å².